The summed E-state index contributed by atoms with van der Waals surface area (Å²) >= 11 is 0. The van der Waals surface area contributed by atoms with Crippen molar-refractivity contribution in [3.05, 3.63) is 71.3 Å². The summed E-state index contributed by atoms with van der Waals surface area (Å²) in [7, 11) is 0. The Hall–Kier alpha value is -2.48. The maximum absolute atomic E-state index is 5.03. The van der Waals surface area contributed by atoms with Crippen molar-refractivity contribution in [2.45, 2.75) is 26.7 Å². The van der Waals surface area contributed by atoms with Gasteiger partial charge in [-0.05, 0) is 32.8 Å². The summed E-state index contributed by atoms with van der Waals surface area (Å²) in [5.74, 6) is 1.52. The van der Waals surface area contributed by atoms with Crippen LogP contribution in [0.2, 0.25) is 0 Å². The Morgan fingerprint density at radius 2 is 1.57 bits per heavy atom. The lowest BCUT2D eigenvalue weighted by Gasteiger charge is -2.14. The van der Waals surface area contributed by atoms with Crippen molar-refractivity contribution in [2.24, 2.45) is 15.9 Å². The smallest absolute Gasteiger partial charge is 0.132 e. The van der Waals surface area contributed by atoms with Gasteiger partial charge >= 0.3 is 0 Å². The second-order valence-corrected chi connectivity index (χ2v) is 6.46. The van der Waals surface area contributed by atoms with Crippen molar-refractivity contribution < 1.29 is 0 Å². The van der Waals surface area contributed by atoms with Crippen LogP contribution in [0.1, 0.15) is 37.8 Å². The van der Waals surface area contributed by atoms with Gasteiger partial charge < -0.3 is 0 Å². The van der Waals surface area contributed by atoms with Crippen molar-refractivity contribution in [3.63, 3.8) is 0 Å². The Morgan fingerprint density at radius 1 is 0.870 bits per heavy atom. The van der Waals surface area contributed by atoms with Gasteiger partial charge in [0, 0.05) is 22.6 Å². The molecule has 1 saturated carbocycles. The first kappa shape index (κ1) is 14.1. The van der Waals surface area contributed by atoms with E-state index in [0.29, 0.717) is 5.92 Å². The zero-order valence-corrected chi connectivity index (χ0v) is 13.6. The van der Waals surface area contributed by atoms with Gasteiger partial charge in [-0.1, -0.05) is 54.1 Å². The molecule has 2 nitrogen and oxygen atoms in total. The van der Waals surface area contributed by atoms with Gasteiger partial charge in [0.25, 0.3) is 0 Å². The molecule has 0 unspecified atom stereocenters. The maximum atomic E-state index is 5.03. The highest BCUT2D eigenvalue weighted by Gasteiger charge is 2.31. The fourth-order valence-electron chi connectivity index (χ4n) is 3.06. The maximum Gasteiger partial charge on any atom is 0.132 e. The Morgan fingerprint density at radius 3 is 2.26 bits per heavy atom. The molecule has 2 aromatic carbocycles. The Balaban J connectivity index is 1.99. The van der Waals surface area contributed by atoms with Crippen LogP contribution < -0.4 is 0 Å². The average Bonchev–Trinajstić information content (AvgIpc) is 3.40. The predicted molar refractivity (Wildman–Crippen MR) is 97.5 cm³/mol. The van der Waals surface area contributed by atoms with E-state index in [-0.39, 0.29) is 0 Å². The van der Waals surface area contributed by atoms with Crippen LogP contribution in [0.15, 0.2) is 70.2 Å². The number of allylic oxidation sites excluding steroid dienone is 2. The van der Waals surface area contributed by atoms with Gasteiger partial charge in [-0.2, -0.15) is 0 Å². The number of fused-ring (bicyclic) bond motifs is 1. The monoisotopic (exact) mass is 300 g/mol. The van der Waals surface area contributed by atoms with Gasteiger partial charge in [0.05, 0.1) is 11.4 Å². The van der Waals surface area contributed by atoms with Gasteiger partial charge in [-0.15, -0.1) is 0 Å². The van der Waals surface area contributed by atoms with Gasteiger partial charge in [0.2, 0.25) is 0 Å². The number of amidine groups is 1. The van der Waals surface area contributed by atoms with E-state index in [0.717, 1.165) is 22.8 Å². The number of rotatable bonds is 2. The first-order valence-corrected chi connectivity index (χ1v) is 8.24. The largest absolute Gasteiger partial charge is 0.233 e. The summed E-state index contributed by atoms with van der Waals surface area (Å²) in [5.41, 5.74) is 6.93. The topological polar surface area (TPSA) is 24.7 Å². The van der Waals surface area contributed by atoms with Gasteiger partial charge in [0.15, 0.2) is 0 Å². The molecule has 0 atom stereocenters. The van der Waals surface area contributed by atoms with Crippen LogP contribution in [0.4, 0.5) is 5.69 Å². The number of aliphatic imine (C=N–C) groups is 2. The molecule has 1 aliphatic heterocycles. The first-order chi connectivity index (χ1) is 11.2. The number of hydrogen-bond donors (Lipinski definition) is 0. The van der Waals surface area contributed by atoms with Crippen LogP contribution in [0.3, 0.4) is 0 Å². The Bertz CT molecular complexity index is 833. The minimum absolute atomic E-state index is 0.526. The van der Waals surface area contributed by atoms with Gasteiger partial charge in [0.1, 0.15) is 5.84 Å². The van der Waals surface area contributed by atoms with Crippen molar-refractivity contribution in [3.8, 4) is 0 Å². The van der Waals surface area contributed by atoms with E-state index in [1.54, 1.807) is 0 Å². The third-order valence-corrected chi connectivity index (χ3v) is 4.36. The molecule has 0 N–H and O–H groups in total. The van der Waals surface area contributed by atoms with E-state index < -0.39 is 0 Å². The van der Waals surface area contributed by atoms with Crippen LogP contribution in [0, 0.1) is 5.92 Å². The van der Waals surface area contributed by atoms with E-state index in [4.69, 9.17) is 9.98 Å². The molecule has 23 heavy (non-hydrogen) atoms. The van der Waals surface area contributed by atoms with Crippen LogP contribution in [-0.4, -0.2) is 11.5 Å². The second-order valence-electron chi connectivity index (χ2n) is 6.46. The second kappa shape index (κ2) is 5.62. The van der Waals surface area contributed by atoms with E-state index in [1.165, 1.54) is 29.6 Å². The van der Waals surface area contributed by atoms with Gasteiger partial charge in [-0.25, -0.2) is 9.98 Å². The molecule has 0 saturated heterocycles. The number of benzene rings is 2. The van der Waals surface area contributed by atoms with Crippen molar-refractivity contribution >= 4 is 22.8 Å². The van der Waals surface area contributed by atoms with Crippen LogP contribution in [0.5, 0.6) is 0 Å². The summed E-state index contributed by atoms with van der Waals surface area (Å²) in [6.07, 6.45) is 2.41. The highest BCUT2D eigenvalue weighted by atomic mass is 15.0. The molecule has 0 radical (unpaired) electrons. The molecular formula is C21H20N2. The molecule has 114 valence electrons. The highest BCUT2D eigenvalue weighted by Crippen LogP contribution is 2.39. The summed E-state index contributed by atoms with van der Waals surface area (Å²) in [4.78, 5) is 9.94. The third kappa shape index (κ3) is 2.65. The molecular weight excluding hydrogens is 280 g/mol. The molecule has 2 aliphatic rings. The lowest BCUT2D eigenvalue weighted by molar-refractivity contribution is 1.16. The van der Waals surface area contributed by atoms with Crippen LogP contribution >= 0.6 is 0 Å². The average molecular weight is 300 g/mol. The molecule has 0 amide bonds. The van der Waals surface area contributed by atoms with Crippen molar-refractivity contribution in [2.75, 3.05) is 0 Å². The third-order valence-electron chi connectivity index (χ3n) is 4.36. The molecule has 1 fully saturated rings. The van der Waals surface area contributed by atoms with E-state index in [1.807, 2.05) is 6.07 Å². The highest BCUT2D eigenvalue weighted by molar-refractivity contribution is 6.36. The molecule has 2 aromatic rings. The standard InChI is InChI=1S/C21H20N2/c1-14(2)19-17-10-6-7-11-18(17)22-21(16-12-13-16)23-20(19)15-8-4-3-5-9-15/h3-11,16H,12-13H2,1-2H3. The normalized spacial score (nSPS) is 17.0. The van der Waals surface area contributed by atoms with Gasteiger partial charge in [-0.3, -0.25) is 0 Å². The fourth-order valence-corrected chi connectivity index (χ4v) is 3.06. The van der Waals surface area contributed by atoms with Crippen molar-refractivity contribution in [1.29, 1.82) is 0 Å². The molecule has 1 aliphatic carbocycles. The number of para-hydroxylation sites is 1. The molecule has 0 bridgehead atoms. The Labute approximate surface area is 137 Å². The van der Waals surface area contributed by atoms with E-state index in [9.17, 15) is 0 Å². The lowest BCUT2D eigenvalue weighted by Crippen LogP contribution is -2.08. The number of nitrogens with zero attached hydrogens (tertiary/aromatic N) is 2. The summed E-state index contributed by atoms with van der Waals surface area (Å²) in [5, 5.41) is 0. The molecule has 1 heterocycles. The molecule has 0 spiro atoms. The number of hydrogen-bond acceptors (Lipinski definition) is 2. The summed E-state index contributed by atoms with van der Waals surface area (Å²) in [6.45, 7) is 4.32. The zero-order valence-electron chi connectivity index (χ0n) is 13.6. The zero-order chi connectivity index (χ0) is 15.8. The van der Waals surface area contributed by atoms with E-state index in [2.05, 4.69) is 62.4 Å². The fraction of sp³-hybridized carbons (Fsp3) is 0.238. The van der Waals surface area contributed by atoms with Crippen molar-refractivity contribution in [1.82, 2.24) is 0 Å². The Kier molecular flexibility index (Phi) is 3.45. The molecule has 4 rings (SSSR count). The quantitative estimate of drug-likeness (QED) is 0.707. The molecule has 0 aromatic heterocycles. The van der Waals surface area contributed by atoms with E-state index >= 15 is 0 Å². The minimum Gasteiger partial charge on any atom is -0.233 e. The minimum atomic E-state index is 0.526. The SMILES string of the molecule is CC(C)=C1C(c2ccccc2)=NC(C2CC2)=Nc2ccccc21. The summed E-state index contributed by atoms with van der Waals surface area (Å²) < 4.78 is 0. The van der Waals surface area contributed by atoms with Crippen LogP contribution in [-0.2, 0) is 0 Å². The molecule has 2 heteroatoms. The lowest BCUT2D eigenvalue weighted by atomic mass is 9.91. The summed E-state index contributed by atoms with van der Waals surface area (Å²) in [6, 6.07) is 18.9. The van der Waals surface area contributed by atoms with Crippen LogP contribution in [0.25, 0.3) is 5.57 Å². The predicted octanol–water partition coefficient (Wildman–Crippen LogP) is 5.42. The first-order valence-electron chi connectivity index (χ1n) is 8.24.